The van der Waals surface area contributed by atoms with Gasteiger partial charge in [0.25, 0.3) is 0 Å². The molecule has 0 spiro atoms. The molecule has 3 aromatic carbocycles. The molecule has 1 aliphatic carbocycles. The molecule has 1 unspecified atom stereocenters. The smallest absolute Gasteiger partial charge is 0.107 e. The summed E-state index contributed by atoms with van der Waals surface area (Å²) < 4.78 is 0. The Hall–Kier alpha value is -2.94. The van der Waals surface area contributed by atoms with E-state index in [9.17, 15) is 5.11 Å². The van der Waals surface area contributed by atoms with Gasteiger partial charge in [0.15, 0.2) is 0 Å². The molecule has 1 heterocycles. The van der Waals surface area contributed by atoms with Crippen molar-refractivity contribution in [3.63, 3.8) is 0 Å². The van der Waals surface area contributed by atoms with Crippen molar-refractivity contribution in [1.82, 2.24) is 4.98 Å². The lowest BCUT2D eigenvalue weighted by molar-refractivity contribution is 0.225. The lowest BCUT2D eigenvalue weighted by Crippen LogP contribution is -1.99. The average molecular weight is 370 g/mol. The van der Waals surface area contributed by atoms with Crippen molar-refractivity contribution in [2.45, 2.75) is 6.10 Å². The summed E-state index contributed by atoms with van der Waals surface area (Å²) in [7, 11) is 0. The van der Waals surface area contributed by atoms with Gasteiger partial charge in [0, 0.05) is 21.7 Å². The molecule has 0 saturated heterocycles. The molecule has 5 rings (SSSR count). The third-order valence-electron chi connectivity index (χ3n) is 5.08. The van der Waals surface area contributed by atoms with Crippen molar-refractivity contribution < 1.29 is 5.11 Å². The van der Waals surface area contributed by atoms with Crippen LogP contribution in [0, 0.1) is 0 Å². The minimum absolute atomic E-state index is 0.663. The molecule has 0 amide bonds. The summed E-state index contributed by atoms with van der Waals surface area (Å²) in [5.41, 5.74) is 7.29. The number of hydrogen-bond donors (Lipinski definition) is 1. The van der Waals surface area contributed by atoms with Crippen LogP contribution >= 0.6 is 11.6 Å². The average Bonchev–Trinajstić information content (AvgIpc) is 3.01. The minimum Gasteiger partial charge on any atom is -0.384 e. The van der Waals surface area contributed by atoms with Crippen LogP contribution in [0.25, 0.3) is 33.6 Å². The lowest BCUT2D eigenvalue weighted by Gasteiger charge is -2.15. The van der Waals surface area contributed by atoms with Gasteiger partial charge >= 0.3 is 0 Å². The molecular formula is C24H16ClNO. The van der Waals surface area contributed by atoms with Gasteiger partial charge in [0.1, 0.15) is 6.10 Å². The highest BCUT2D eigenvalue weighted by Gasteiger charge is 2.31. The van der Waals surface area contributed by atoms with E-state index in [1.165, 1.54) is 0 Å². The van der Waals surface area contributed by atoms with Crippen molar-refractivity contribution in [1.29, 1.82) is 0 Å². The quantitative estimate of drug-likeness (QED) is 0.461. The van der Waals surface area contributed by atoms with Crippen LogP contribution < -0.4 is 0 Å². The highest BCUT2D eigenvalue weighted by atomic mass is 35.5. The van der Waals surface area contributed by atoms with E-state index in [-0.39, 0.29) is 0 Å². The zero-order valence-corrected chi connectivity index (χ0v) is 15.2. The first-order valence-corrected chi connectivity index (χ1v) is 9.24. The number of halogens is 1. The number of fused-ring (bicyclic) bond motifs is 3. The van der Waals surface area contributed by atoms with E-state index < -0.39 is 6.10 Å². The first-order valence-electron chi connectivity index (χ1n) is 8.86. The molecule has 1 N–H and O–H groups in total. The van der Waals surface area contributed by atoms with E-state index in [1.807, 2.05) is 72.8 Å². The van der Waals surface area contributed by atoms with Crippen LogP contribution in [0.15, 0.2) is 84.9 Å². The molecule has 1 aromatic heterocycles. The van der Waals surface area contributed by atoms with Crippen molar-refractivity contribution in [2.75, 3.05) is 0 Å². The topological polar surface area (TPSA) is 33.1 Å². The second-order valence-corrected chi connectivity index (χ2v) is 7.06. The Morgan fingerprint density at radius 3 is 2.19 bits per heavy atom. The Labute approximate surface area is 162 Å². The van der Waals surface area contributed by atoms with Crippen molar-refractivity contribution >= 4 is 11.6 Å². The van der Waals surface area contributed by atoms with E-state index in [2.05, 4.69) is 12.1 Å². The van der Waals surface area contributed by atoms with Gasteiger partial charge in [-0.05, 0) is 28.8 Å². The van der Waals surface area contributed by atoms with E-state index in [1.54, 1.807) is 0 Å². The van der Waals surface area contributed by atoms with Crippen LogP contribution in [-0.2, 0) is 0 Å². The Morgan fingerprint density at radius 1 is 0.741 bits per heavy atom. The summed E-state index contributed by atoms with van der Waals surface area (Å²) in [5, 5.41) is 11.7. The first kappa shape index (κ1) is 16.2. The third kappa shape index (κ3) is 2.57. The molecule has 130 valence electrons. The zero-order valence-electron chi connectivity index (χ0n) is 14.4. The number of rotatable bonds is 2. The summed E-state index contributed by atoms with van der Waals surface area (Å²) in [4.78, 5) is 4.92. The Balaban J connectivity index is 1.85. The molecule has 0 saturated carbocycles. The van der Waals surface area contributed by atoms with Crippen LogP contribution in [0.2, 0.25) is 5.02 Å². The molecule has 3 heteroatoms. The second-order valence-electron chi connectivity index (χ2n) is 6.65. The summed E-state index contributed by atoms with van der Waals surface area (Å²) in [6, 6.07) is 27.8. The molecule has 0 radical (unpaired) electrons. The fourth-order valence-electron chi connectivity index (χ4n) is 3.81. The maximum Gasteiger partial charge on any atom is 0.107 e. The lowest BCUT2D eigenvalue weighted by atomic mass is 9.95. The molecule has 27 heavy (non-hydrogen) atoms. The van der Waals surface area contributed by atoms with Crippen LogP contribution in [-0.4, -0.2) is 10.1 Å². The highest BCUT2D eigenvalue weighted by Crippen LogP contribution is 2.48. The van der Waals surface area contributed by atoms with Crippen molar-refractivity contribution in [3.8, 4) is 33.6 Å². The molecule has 4 aromatic rings. The van der Waals surface area contributed by atoms with Crippen LogP contribution in [0.4, 0.5) is 0 Å². The van der Waals surface area contributed by atoms with Gasteiger partial charge in [0.05, 0.1) is 11.4 Å². The number of aliphatic hydroxyl groups excluding tert-OH is 1. The molecule has 1 aliphatic rings. The maximum atomic E-state index is 11.0. The minimum atomic E-state index is -0.681. The molecular weight excluding hydrogens is 354 g/mol. The Bertz CT molecular complexity index is 1150. The number of aliphatic hydroxyl groups is 1. The Kier molecular flexibility index (Phi) is 3.82. The summed E-state index contributed by atoms with van der Waals surface area (Å²) in [5.74, 6) is 0. The summed E-state index contributed by atoms with van der Waals surface area (Å²) in [6.45, 7) is 0. The number of aromatic nitrogens is 1. The number of hydrogen-bond acceptors (Lipinski definition) is 2. The summed E-state index contributed by atoms with van der Waals surface area (Å²) in [6.07, 6.45) is -0.681. The summed E-state index contributed by atoms with van der Waals surface area (Å²) >= 11 is 6.45. The van der Waals surface area contributed by atoms with Crippen LogP contribution in [0.1, 0.15) is 17.2 Å². The van der Waals surface area contributed by atoms with E-state index in [0.29, 0.717) is 5.02 Å². The molecule has 1 atom stereocenters. The van der Waals surface area contributed by atoms with Gasteiger partial charge in [0.2, 0.25) is 0 Å². The zero-order chi connectivity index (χ0) is 18.4. The second kappa shape index (κ2) is 6.34. The van der Waals surface area contributed by atoms with Crippen molar-refractivity contribution in [3.05, 3.63) is 101 Å². The largest absolute Gasteiger partial charge is 0.384 e. The number of pyridine rings is 1. The van der Waals surface area contributed by atoms with E-state index in [0.717, 1.165) is 44.8 Å². The molecule has 2 nitrogen and oxygen atoms in total. The monoisotopic (exact) mass is 369 g/mol. The van der Waals surface area contributed by atoms with Gasteiger partial charge in [-0.25, -0.2) is 4.98 Å². The van der Waals surface area contributed by atoms with Crippen LogP contribution in [0.3, 0.4) is 0 Å². The first-order chi connectivity index (χ1) is 13.2. The van der Waals surface area contributed by atoms with Gasteiger partial charge in [-0.15, -0.1) is 0 Å². The van der Waals surface area contributed by atoms with Gasteiger partial charge in [-0.3, -0.25) is 0 Å². The van der Waals surface area contributed by atoms with Crippen LogP contribution in [0.5, 0.6) is 0 Å². The predicted octanol–water partition coefficient (Wildman–Crippen LogP) is 6.13. The number of benzene rings is 3. The van der Waals surface area contributed by atoms with E-state index in [4.69, 9.17) is 16.6 Å². The van der Waals surface area contributed by atoms with Crippen molar-refractivity contribution in [2.24, 2.45) is 0 Å². The fraction of sp³-hybridized carbons (Fsp3) is 0.0417. The highest BCUT2D eigenvalue weighted by molar-refractivity contribution is 6.33. The SMILES string of the molecule is OC1c2ccccc2-c2nc(-c3ccccc3Cl)cc(-c3ccccc3)c21. The maximum absolute atomic E-state index is 11.0. The van der Waals surface area contributed by atoms with Gasteiger partial charge < -0.3 is 5.11 Å². The fourth-order valence-corrected chi connectivity index (χ4v) is 4.04. The van der Waals surface area contributed by atoms with E-state index >= 15 is 0 Å². The molecule has 0 aliphatic heterocycles. The number of nitrogens with zero attached hydrogens (tertiary/aromatic N) is 1. The normalized spacial score (nSPS) is 14.7. The Morgan fingerprint density at radius 2 is 1.41 bits per heavy atom. The third-order valence-corrected chi connectivity index (χ3v) is 5.41. The molecule has 0 bridgehead atoms. The molecule has 0 fully saturated rings. The standard InChI is InChI=1S/C24H16ClNO/c25-20-13-7-6-12-18(20)21-14-19(15-8-2-1-3-9-15)22-23(26-21)16-10-4-5-11-17(16)24(22)27/h1-14,24,27H. The van der Waals surface area contributed by atoms with Gasteiger partial charge in [-0.2, -0.15) is 0 Å². The predicted molar refractivity (Wildman–Crippen MR) is 110 cm³/mol. The van der Waals surface area contributed by atoms with Gasteiger partial charge in [-0.1, -0.05) is 84.4 Å².